The summed E-state index contributed by atoms with van der Waals surface area (Å²) in [4.78, 5) is 28.0. The molecule has 2 aromatic carbocycles. The van der Waals surface area contributed by atoms with Crippen LogP contribution >= 0.6 is 0 Å². The van der Waals surface area contributed by atoms with Gasteiger partial charge in [-0.2, -0.15) is 26.3 Å². The Balaban J connectivity index is 1.69. The molecule has 0 radical (unpaired) electrons. The first-order valence-electron chi connectivity index (χ1n) is 12.1. The molecule has 0 spiro atoms. The second-order valence-electron chi connectivity index (χ2n) is 9.79. The Morgan fingerprint density at radius 2 is 1.50 bits per heavy atom. The van der Waals surface area contributed by atoms with Gasteiger partial charge in [0.05, 0.1) is 16.5 Å². The summed E-state index contributed by atoms with van der Waals surface area (Å²) in [6, 6.07) is 4.42. The van der Waals surface area contributed by atoms with Crippen molar-refractivity contribution in [2.45, 2.75) is 62.0 Å². The van der Waals surface area contributed by atoms with Crippen molar-refractivity contribution in [3.8, 4) is 0 Å². The number of hydrogen-bond acceptors (Lipinski definition) is 3. The van der Waals surface area contributed by atoms with Crippen molar-refractivity contribution < 1.29 is 40.3 Å². The number of benzene rings is 2. The number of carbonyl (C=O) groups excluding carboxylic acids is 2. The second kappa shape index (κ2) is 10.2. The summed E-state index contributed by atoms with van der Waals surface area (Å²) in [6.07, 6.45) is -8.28. The fraction of sp³-hybridized carbons (Fsp3) is 0.462. The molecule has 0 unspecified atom stereocenters. The summed E-state index contributed by atoms with van der Waals surface area (Å²) in [5.74, 6) is -2.69. The molecular weight excluding hydrogens is 519 g/mol. The molecule has 1 saturated heterocycles. The van der Waals surface area contributed by atoms with Crippen LogP contribution in [0, 0.1) is 5.82 Å². The predicted octanol–water partition coefficient (Wildman–Crippen LogP) is 4.57. The number of nitrogens with two attached hydrogens (primary N) is 1. The van der Waals surface area contributed by atoms with E-state index in [2.05, 4.69) is 5.32 Å². The first-order valence-corrected chi connectivity index (χ1v) is 12.1. The average Bonchev–Trinajstić information content (AvgIpc) is 3.65. The maximum absolute atomic E-state index is 15.0. The lowest BCUT2D eigenvalue weighted by Gasteiger charge is -2.41. The van der Waals surface area contributed by atoms with E-state index in [9.17, 15) is 40.3 Å². The summed E-state index contributed by atoms with van der Waals surface area (Å²) in [6.45, 7) is 1.03. The number of halogens is 7. The molecule has 2 fully saturated rings. The highest BCUT2D eigenvalue weighted by Gasteiger charge is 2.57. The molecule has 1 aliphatic heterocycles. The smallest absolute Gasteiger partial charge is 0.368 e. The van der Waals surface area contributed by atoms with Gasteiger partial charge in [0.25, 0.3) is 0 Å². The largest absolute Gasteiger partial charge is 0.416 e. The van der Waals surface area contributed by atoms with E-state index in [0.29, 0.717) is 43.6 Å². The van der Waals surface area contributed by atoms with Gasteiger partial charge >= 0.3 is 12.4 Å². The van der Waals surface area contributed by atoms with Crippen molar-refractivity contribution in [1.82, 2.24) is 10.2 Å². The summed E-state index contributed by atoms with van der Waals surface area (Å²) in [5.41, 5.74) is 2.33. The zero-order valence-electron chi connectivity index (χ0n) is 20.1. The Morgan fingerprint density at radius 1 is 0.947 bits per heavy atom. The fourth-order valence-corrected chi connectivity index (χ4v) is 5.09. The Hall–Kier alpha value is -3.15. The minimum Gasteiger partial charge on any atom is -0.368 e. The molecule has 0 aromatic heterocycles. The fourth-order valence-electron chi connectivity index (χ4n) is 5.09. The van der Waals surface area contributed by atoms with Gasteiger partial charge in [0.15, 0.2) is 0 Å². The number of hydrogen-bond donors (Lipinski definition) is 2. The lowest BCUT2D eigenvalue weighted by molar-refractivity contribution is -0.145. The summed E-state index contributed by atoms with van der Waals surface area (Å²) in [7, 11) is 0. The van der Waals surface area contributed by atoms with Gasteiger partial charge in [0, 0.05) is 18.0 Å². The molecule has 2 amide bonds. The highest BCUT2D eigenvalue weighted by atomic mass is 19.4. The molecule has 0 bridgehead atoms. The van der Waals surface area contributed by atoms with E-state index < -0.39 is 58.6 Å². The number of rotatable bonds is 7. The van der Waals surface area contributed by atoms with Gasteiger partial charge in [-0.25, -0.2) is 4.39 Å². The molecule has 2 aromatic rings. The summed E-state index contributed by atoms with van der Waals surface area (Å²) in [5, 5.41) is 3.14. The van der Waals surface area contributed by atoms with Crippen LogP contribution < -0.4 is 11.1 Å². The molecule has 1 saturated carbocycles. The number of primary amides is 1. The Labute approximate surface area is 214 Å². The van der Waals surface area contributed by atoms with Gasteiger partial charge in [0.1, 0.15) is 11.9 Å². The van der Waals surface area contributed by atoms with E-state index in [-0.39, 0.29) is 24.8 Å². The van der Waals surface area contributed by atoms with Crippen LogP contribution in [-0.2, 0) is 33.8 Å². The topological polar surface area (TPSA) is 75.4 Å². The number of nitrogens with one attached hydrogen (secondary N) is 1. The molecule has 206 valence electrons. The number of carbonyl (C=O) groups is 2. The molecule has 12 heteroatoms. The van der Waals surface area contributed by atoms with Crippen LogP contribution in [-0.4, -0.2) is 41.9 Å². The maximum Gasteiger partial charge on any atom is 0.416 e. The average molecular weight is 545 g/mol. The quantitative estimate of drug-likeness (QED) is 0.501. The predicted molar refractivity (Wildman–Crippen MR) is 123 cm³/mol. The molecular formula is C26H26F7N3O2. The van der Waals surface area contributed by atoms with Crippen LogP contribution in [0.25, 0.3) is 0 Å². The van der Waals surface area contributed by atoms with Crippen molar-refractivity contribution in [3.05, 3.63) is 70.5 Å². The third kappa shape index (κ3) is 5.64. The van der Waals surface area contributed by atoms with Crippen molar-refractivity contribution in [3.63, 3.8) is 0 Å². The molecule has 1 atom stereocenters. The van der Waals surface area contributed by atoms with E-state index in [0.717, 1.165) is 18.2 Å². The van der Waals surface area contributed by atoms with E-state index in [1.165, 1.54) is 17.0 Å². The van der Waals surface area contributed by atoms with Crippen molar-refractivity contribution in [2.24, 2.45) is 5.73 Å². The van der Waals surface area contributed by atoms with E-state index >= 15 is 0 Å². The van der Waals surface area contributed by atoms with Crippen molar-refractivity contribution in [1.29, 1.82) is 0 Å². The normalized spacial score (nSPS) is 18.6. The molecule has 4 rings (SSSR count). The highest BCUT2D eigenvalue weighted by Crippen LogP contribution is 2.52. The highest BCUT2D eigenvalue weighted by molar-refractivity contribution is 5.95. The van der Waals surface area contributed by atoms with Crippen LogP contribution in [0.1, 0.15) is 47.9 Å². The summed E-state index contributed by atoms with van der Waals surface area (Å²) < 4.78 is 93.1. The van der Waals surface area contributed by atoms with Gasteiger partial charge in [-0.1, -0.05) is 18.2 Å². The number of piperidine rings is 1. The minimum atomic E-state index is -4.76. The molecule has 38 heavy (non-hydrogen) atoms. The van der Waals surface area contributed by atoms with Crippen molar-refractivity contribution in [2.75, 3.05) is 13.1 Å². The molecule has 2 aliphatic rings. The third-order valence-electron chi connectivity index (χ3n) is 7.28. The van der Waals surface area contributed by atoms with Gasteiger partial charge in [0.2, 0.25) is 11.8 Å². The van der Waals surface area contributed by atoms with Crippen LogP contribution in [0.15, 0.2) is 42.5 Å². The summed E-state index contributed by atoms with van der Waals surface area (Å²) >= 11 is 0. The molecule has 3 N–H and O–H groups in total. The van der Waals surface area contributed by atoms with Crippen molar-refractivity contribution >= 4 is 11.8 Å². The Bertz CT molecular complexity index is 1180. The van der Waals surface area contributed by atoms with Gasteiger partial charge in [-0.3, -0.25) is 9.59 Å². The standard InChI is InChI=1S/C26H26F7N3O2/c27-20-14-17(26(31,32)33)5-6-19(20)24(9-10-24)23(38)36(18-7-11-35-12-8-18)21(22(34)37)13-15-1-3-16(4-2-15)25(28,29)30/h1-6,14,18,21,35H,7-13H2,(H2,34,37)/t21-/m0/s1. The third-order valence-corrected chi connectivity index (χ3v) is 7.28. The monoisotopic (exact) mass is 545 g/mol. The molecule has 5 nitrogen and oxygen atoms in total. The van der Waals surface area contributed by atoms with E-state index in [1.807, 2.05) is 0 Å². The number of nitrogens with zero attached hydrogens (tertiary/aromatic N) is 1. The van der Waals surface area contributed by atoms with Gasteiger partial charge < -0.3 is 16.0 Å². The Kier molecular flexibility index (Phi) is 7.48. The lowest BCUT2D eigenvalue weighted by atomic mass is 9.89. The van der Waals surface area contributed by atoms with Gasteiger partial charge in [-0.15, -0.1) is 0 Å². The second-order valence-corrected chi connectivity index (χ2v) is 9.79. The number of alkyl halides is 6. The molecule has 1 heterocycles. The van der Waals surface area contributed by atoms with E-state index in [1.54, 1.807) is 0 Å². The molecule has 1 aliphatic carbocycles. The van der Waals surface area contributed by atoms with E-state index in [4.69, 9.17) is 5.73 Å². The minimum absolute atomic E-state index is 0.168. The van der Waals surface area contributed by atoms with Crippen LogP contribution in [0.3, 0.4) is 0 Å². The zero-order chi connectivity index (χ0) is 27.9. The maximum atomic E-state index is 15.0. The van der Waals surface area contributed by atoms with Crippen LogP contribution in [0.5, 0.6) is 0 Å². The first kappa shape index (κ1) is 27.9. The zero-order valence-corrected chi connectivity index (χ0v) is 20.1. The lowest BCUT2D eigenvalue weighted by Crippen LogP contribution is -2.58. The number of amides is 2. The SMILES string of the molecule is NC(=O)[C@H](Cc1ccc(C(F)(F)F)cc1)N(C(=O)C1(c2ccc(C(F)(F)F)cc2F)CC1)C1CCNCC1. The van der Waals surface area contributed by atoms with Gasteiger partial charge in [-0.05, 0) is 68.6 Å². The van der Waals surface area contributed by atoms with Crippen LogP contribution in [0.2, 0.25) is 0 Å². The first-order chi connectivity index (χ1) is 17.7. The Morgan fingerprint density at radius 3 is 1.97 bits per heavy atom. The van der Waals surface area contributed by atoms with Crippen LogP contribution in [0.4, 0.5) is 30.7 Å².